The summed E-state index contributed by atoms with van der Waals surface area (Å²) >= 11 is 1.43. The molecule has 1 aromatic carbocycles. The van der Waals surface area contributed by atoms with Crippen molar-refractivity contribution in [3.05, 3.63) is 24.3 Å². The van der Waals surface area contributed by atoms with E-state index in [1.807, 2.05) is 24.3 Å². The summed E-state index contributed by atoms with van der Waals surface area (Å²) in [7, 11) is 1.60. The van der Waals surface area contributed by atoms with Gasteiger partial charge in [-0.15, -0.1) is 0 Å². The first-order valence-corrected chi connectivity index (χ1v) is 11.3. The Morgan fingerprint density at radius 1 is 1.23 bits per heavy atom. The van der Waals surface area contributed by atoms with Crippen molar-refractivity contribution in [1.82, 2.24) is 4.90 Å². The van der Waals surface area contributed by atoms with Gasteiger partial charge in [-0.1, -0.05) is 11.8 Å². The first-order valence-electron chi connectivity index (χ1n) is 10.5. The summed E-state index contributed by atoms with van der Waals surface area (Å²) in [4.78, 5) is 31.0. The number of methoxy groups -OCH3 is 1. The summed E-state index contributed by atoms with van der Waals surface area (Å²) in [5.41, 5.74) is 6.21. The number of aliphatic hydroxyl groups is 2. The zero-order valence-corrected chi connectivity index (χ0v) is 18.1. The van der Waals surface area contributed by atoms with Gasteiger partial charge in [-0.3, -0.25) is 14.6 Å². The molecule has 1 saturated heterocycles. The number of rotatable bonds is 4. The van der Waals surface area contributed by atoms with Crippen molar-refractivity contribution in [1.29, 1.82) is 0 Å². The number of carbonyl (C=O) groups is 2. The van der Waals surface area contributed by atoms with Crippen molar-refractivity contribution < 1.29 is 24.5 Å². The summed E-state index contributed by atoms with van der Waals surface area (Å²) in [6, 6.07) is 6.82. The third-order valence-corrected chi connectivity index (χ3v) is 7.66. The maximum atomic E-state index is 13.3. The normalized spacial score (nSPS) is 31.0. The van der Waals surface area contributed by atoms with E-state index in [0.717, 1.165) is 11.4 Å². The maximum Gasteiger partial charge on any atom is 0.227 e. The lowest BCUT2D eigenvalue weighted by molar-refractivity contribution is -0.142. The lowest BCUT2D eigenvalue weighted by Gasteiger charge is -2.40. The number of nitrogens with one attached hydrogen (secondary N) is 1. The molecule has 0 radical (unpaired) electrons. The Kier molecular flexibility index (Phi) is 6.40. The molecule has 2 fully saturated rings. The van der Waals surface area contributed by atoms with Gasteiger partial charge in [0.1, 0.15) is 11.9 Å². The highest BCUT2D eigenvalue weighted by atomic mass is 32.2. The van der Waals surface area contributed by atoms with Crippen molar-refractivity contribution in [2.24, 2.45) is 22.6 Å². The van der Waals surface area contributed by atoms with E-state index >= 15 is 0 Å². The average molecular weight is 449 g/mol. The minimum Gasteiger partial charge on any atom is -0.497 e. The average Bonchev–Trinajstić information content (AvgIpc) is 3.20. The van der Waals surface area contributed by atoms with Crippen molar-refractivity contribution in [3.63, 3.8) is 0 Å². The molecular weight excluding hydrogens is 420 g/mol. The van der Waals surface area contributed by atoms with Crippen LogP contribution in [0.15, 0.2) is 29.3 Å². The van der Waals surface area contributed by atoms with Gasteiger partial charge in [0.25, 0.3) is 0 Å². The molecular formula is C21H28N4O5S. The maximum absolute atomic E-state index is 13.3. The van der Waals surface area contributed by atoms with E-state index in [1.54, 1.807) is 12.0 Å². The molecule has 4 rings (SSSR count). The molecule has 0 spiro atoms. The number of thioether (sulfide) groups is 1. The Balaban J connectivity index is 1.45. The highest BCUT2D eigenvalue weighted by Crippen LogP contribution is 2.42. The number of nitrogens with two attached hydrogens (primary N) is 1. The number of fused-ring (bicyclic) bond motifs is 1. The molecule has 168 valence electrons. The monoisotopic (exact) mass is 448 g/mol. The van der Waals surface area contributed by atoms with Crippen LogP contribution in [0.4, 0.5) is 5.69 Å². The molecule has 5 atom stereocenters. The van der Waals surface area contributed by atoms with Crippen LogP contribution in [0.25, 0.3) is 0 Å². The predicted octanol–water partition coefficient (Wildman–Crippen LogP) is 0.413. The van der Waals surface area contributed by atoms with Crippen molar-refractivity contribution in [2.45, 2.75) is 42.8 Å². The zero-order valence-electron chi connectivity index (χ0n) is 17.3. The standard InChI is InChI=1S/C21H28N4O5S/c1-30-13-4-2-12(3-5-13)23-21-24-16-17(27)15(26)10-14(18(16)31-21)20(29)25-8-6-11(7-9-25)19(22)28/h2-5,11,14-18,26-27H,6-10H2,1H3,(H2,22,28)(H,23,24)/t14-,15+,16+,17-,18+/m0/s1. The quantitative estimate of drug-likeness (QED) is 0.524. The number of likely N-dealkylation sites (tertiary alicyclic amines) is 1. The van der Waals surface area contributed by atoms with Crippen molar-refractivity contribution in [2.75, 3.05) is 25.5 Å². The fraction of sp³-hybridized carbons (Fsp3) is 0.571. The highest BCUT2D eigenvalue weighted by molar-refractivity contribution is 8.15. The molecule has 0 aromatic heterocycles. The molecule has 31 heavy (non-hydrogen) atoms. The number of primary amides is 1. The molecule has 10 heteroatoms. The number of piperidine rings is 1. The van der Waals surface area contributed by atoms with Gasteiger partial charge in [-0.05, 0) is 43.5 Å². The number of hydrogen-bond donors (Lipinski definition) is 4. The number of carbonyl (C=O) groups excluding carboxylic acids is 2. The van der Waals surface area contributed by atoms with Crippen LogP contribution in [-0.4, -0.2) is 75.8 Å². The van der Waals surface area contributed by atoms with E-state index < -0.39 is 24.2 Å². The molecule has 9 nitrogen and oxygen atoms in total. The van der Waals surface area contributed by atoms with E-state index in [2.05, 4.69) is 10.3 Å². The van der Waals surface area contributed by atoms with Crippen LogP contribution in [0.1, 0.15) is 19.3 Å². The Labute approximate surface area is 185 Å². The Morgan fingerprint density at radius 2 is 1.90 bits per heavy atom. The number of ether oxygens (including phenoxy) is 1. The molecule has 2 aliphatic heterocycles. The van der Waals surface area contributed by atoms with Gasteiger partial charge < -0.3 is 30.9 Å². The van der Waals surface area contributed by atoms with Gasteiger partial charge >= 0.3 is 0 Å². The number of anilines is 1. The smallest absolute Gasteiger partial charge is 0.227 e. The van der Waals surface area contributed by atoms with Crippen LogP contribution in [0.5, 0.6) is 5.75 Å². The summed E-state index contributed by atoms with van der Waals surface area (Å²) in [5, 5.41) is 24.5. The fourth-order valence-electron chi connectivity index (χ4n) is 4.51. The molecule has 1 aromatic rings. The Morgan fingerprint density at radius 3 is 2.52 bits per heavy atom. The largest absolute Gasteiger partial charge is 0.497 e. The zero-order chi connectivity index (χ0) is 22.1. The number of amidine groups is 1. The van der Waals surface area contributed by atoms with Gasteiger partial charge in [0.05, 0.1) is 25.2 Å². The summed E-state index contributed by atoms with van der Waals surface area (Å²) in [5.74, 6) is -0.295. The topological polar surface area (TPSA) is 137 Å². The number of nitrogens with zero attached hydrogens (tertiary/aromatic N) is 2. The first kappa shape index (κ1) is 21.9. The van der Waals surface area contributed by atoms with Crippen LogP contribution in [0, 0.1) is 11.8 Å². The van der Waals surface area contributed by atoms with E-state index in [0.29, 0.717) is 31.1 Å². The summed E-state index contributed by atoms with van der Waals surface area (Å²) in [6.45, 7) is 0.947. The minimum atomic E-state index is -1.02. The van der Waals surface area contributed by atoms with E-state index in [1.165, 1.54) is 11.8 Å². The van der Waals surface area contributed by atoms with Crippen LogP contribution in [-0.2, 0) is 9.59 Å². The number of benzene rings is 1. The van der Waals surface area contributed by atoms with Gasteiger partial charge in [-0.25, -0.2) is 0 Å². The van der Waals surface area contributed by atoms with Gasteiger partial charge in [0.2, 0.25) is 11.8 Å². The van der Waals surface area contributed by atoms with Crippen LogP contribution in [0.2, 0.25) is 0 Å². The van der Waals surface area contributed by atoms with E-state index in [9.17, 15) is 19.8 Å². The van der Waals surface area contributed by atoms with Crippen molar-refractivity contribution >= 4 is 34.4 Å². The number of aliphatic imine (C=N–C) groups is 1. The SMILES string of the molecule is COc1ccc(NC2=N[C@@H]3[C@@H](O)[C@H](O)C[C@H](C(=O)N4CCC(C(N)=O)CC4)[C@H]3S2)cc1. The number of amides is 2. The molecule has 5 N–H and O–H groups in total. The second-order valence-electron chi connectivity index (χ2n) is 8.26. The molecule has 0 unspecified atom stereocenters. The number of hydrogen-bond acceptors (Lipinski definition) is 8. The van der Waals surface area contributed by atoms with Gasteiger partial charge in [-0.2, -0.15) is 0 Å². The highest BCUT2D eigenvalue weighted by Gasteiger charge is 2.51. The summed E-state index contributed by atoms with van der Waals surface area (Å²) in [6.07, 6.45) is -0.725. The Bertz CT molecular complexity index is 856. The first-order chi connectivity index (χ1) is 14.9. The van der Waals surface area contributed by atoms with Gasteiger partial charge in [0.15, 0.2) is 5.17 Å². The lowest BCUT2D eigenvalue weighted by Crippen LogP contribution is -2.55. The molecule has 2 amide bonds. The predicted molar refractivity (Wildman–Crippen MR) is 118 cm³/mol. The third-order valence-electron chi connectivity index (χ3n) is 6.35. The van der Waals surface area contributed by atoms with E-state index in [4.69, 9.17) is 10.5 Å². The molecule has 2 heterocycles. The lowest BCUT2D eigenvalue weighted by atomic mass is 9.80. The minimum absolute atomic E-state index is 0.0581. The number of aliphatic hydroxyl groups excluding tert-OH is 2. The summed E-state index contributed by atoms with van der Waals surface area (Å²) < 4.78 is 5.17. The van der Waals surface area contributed by atoms with Crippen molar-refractivity contribution in [3.8, 4) is 5.75 Å². The molecule has 1 aliphatic carbocycles. The third kappa shape index (κ3) is 4.51. The van der Waals surface area contributed by atoms with Crippen LogP contribution < -0.4 is 15.8 Å². The molecule has 3 aliphatic rings. The second kappa shape index (κ2) is 9.05. The van der Waals surface area contributed by atoms with Crippen LogP contribution in [0.3, 0.4) is 0 Å². The van der Waals surface area contributed by atoms with Gasteiger partial charge in [0, 0.05) is 29.9 Å². The van der Waals surface area contributed by atoms with E-state index in [-0.39, 0.29) is 29.4 Å². The fourth-order valence-corrected chi connectivity index (χ4v) is 5.88. The second-order valence-corrected chi connectivity index (χ2v) is 9.43. The molecule has 1 saturated carbocycles. The van der Waals surface area contributed by atoms with Crippen LogP contribution >= 0.6 is 11.8 Å². The molecule has 0 bridgehead atoms. The Hall–Kier alpha value is -2.30.